The molecule has 1 unspecified atom stereocenters. The number of carbonyl (C=O) groups excluding carboxylic acids is 1. The van der Waals surface area contributed by atoms with Crippen molar-refractivity contribution in [2.45, 2.75) is 18.9 Å². The number of amides is 1. The molecule has 0 radical (unpaired) electrons. The van der Waals surface area contributed by atoms with E-state index in [2.05, 4.69) is 10.6 Å². The highest BCUT2D eigenvalue weighted by Gasteiger charge is 2.27. The zero-order chi connectivity index (χ0) is 14.6. The van der Waals surface area contributed by atoms with Gasteiger partial charge < -0.3 is 10.6 Å². The van der Waals surface area contributed by atoms with E-state index < -0.39 is 9.84 Å². The highest BCUT2D eigenvalue weighted by Crippen LogP contribution is 2.15. The Labute approximate surface area is 123 Å². The van der Waals surface area contributed by atoms with Gasteiger partial charge in [-0.05, 0) is 24.6 Å². The molecule has 1 atom stereocenters. The van der Waals surface area contributed by atoms with E-state index in [1.54, 1.807) is 24.3 Å². The van der Waals surface area contributed by atoms with Gasteiger partial charge in [0.15, 0.2) is 9.84 Å². The first-order valence-electron chi connectivity index (χ1n) is 6.44. The average molecular weight is 317 g/mol. The fourth-order valence-electron chi connectivity index (χ4n) is 2.14. The van der Waals surface area contributed by atoms with Crippen LogP contribution in [0.15, 0.2) is 24.3 Å². The Balaban J connectivity index is 1.71. The summed E-state index contributed by atoms with van der Waals surface area (Å²) >= 11 is 5.82. The van der Waals surface area contributed by atoms with Crippen LogP contribution in [0.4, 0.5) is 5.69 Å². The van der Waals surface area contributed by atoms with E-state index in [0.717, 1.165) is 0 Å². The molecule has 1 saturated heterocycles. The van der Waals surface area contributed by atoms with Crippen molar-refractivity contribution < 1.29 is 13.2 Å². The van der Waals surface area contributed by atoms with Crippen molar-refractivity contribution in [2.75, 3.05) is 23.4 Å². The van der Waals surface area contributed by atoms with Crippen molar-refractivity contribution >= 4 is 33.0 Å². The Morgan fingerprint density at radius 1 is 1.40 bits per heavy atom. The summed E-state index contributed by atoms with van der Waals surface area (Å²) in [6, 6.07) is 6.91. The van der Waals surface area contributed by atoms with Crippen LogP contribution in [0.2, 0.25) is 5.02 Å². The van der Waals surface area contributed by atoms with E-state index in [1.165, 1.54) is 0 Å². The Morgan fingerprint density at radius 3 is 2.85 bits per heavy atom. The molecule has 1 aliphatic heterocycles. The van der Waals surface area contributed by atoms with Gasteiger partial charge in [0, 0.05) is 29.7 Å². The highest BCUT2D eigenvalue weighted by atomic mass is 35.5. The topological polar surface area (TPSA) is 75.3 Å². The van der Waals surface area contributed by atoms with Crippen LogP contribution in [-0.4, -0.2) is 38.4 Å². The fourth-order valence-corrected chi connectivity index (χ4v) is 4.03. The molecule has 5 nitrogen and oxygen atoms in total. The minimum Gasteiger partial charge on any atom is -0.326 e. The number of nitrogens with one attached hydrogen (secondary N) is 2. The molecule has 0 aliphatic carbocycles. The third-order valence-electron chi connectivity index (χ3n) is 3.13. The number of hydrogen-bond donors (Lipinski definition) is 2. The molecule has 0 bridgehead atoms. The van der Waals surface area contributed by atoms with Gasteiger partial charge >= 0.3 is 0 Å². The SMILES string of the molecule is O=C(CCNC1CCS(=O)(=O)C1)Nc1cccc(Cl)c1. The maximum Gasteiger partial charge on any atom is 0.225 e. The fraction of sp³-hybridized carbons (Fsp3) is 0.462. The molecule has 0 aromatic heterocycles. The minimum atomic E-state index is -2.88. The number of anilines is 1. The molecule has 2 rings (SSSR count). The monoisotopic (exact) mass is 316 g/mol. The first-order chi connectivity index (χ1) is 9.44. The number of hydrogen-bond acceptors (Lipinski definition) is 4. The zero-order valence-corrected chi connectivity index (χ0v) is 12.5. The Hall–Kier alpha value is -1.11. The smallest absolute Gasteiger partial charge is 0.225 e. The summed E-state index contributed by atoms with van der Waals surface area (Å²) in [5, 5.41) is 6.41. The van der Waals surface area contributed by atoms with Gasteiger partial charge in [0.2, 0.25) is 5.91 Å². The second-order valence-electron chi connectivity index (χ2n) is 4.86. The largest absolute Gasteiger partial charge is 0.326 e. The third-order valence-corrected chi connectivity index (χ3v) is 5.13. The Morgan fingerprint density at radius 2 is 2.20 bits per heavy atom. The van der Waals surface area contributed by atoms with Crippen LogP contribution in [0.1, 0.15) is 12.8 Å². The molecule has 0 spiro atoms. The van der Waals surface area contributed by atoms with Crippen LogP contribution >= 0.6 is 11.6 Å². The van der Waals surface area contributed by atoms with Gasteiger partial charge in [0.1, 0.15) is 0 Å². The summed E-state index contributed by atoms with van der Waals surface area (Å²) in [5.41, 5.74) is 0.658. The Bertz CT molecular complexity index is 589. The minimum absolute atomic E-state index is 0.0287. The van der Waals surface area contributed by atoms with E-state index in [1.807, 2.05) is 0 Å². The number of rotatable bonds is 5. The van der Waals surface area contributed by atoms with E-state index in [9.17, 15) is 13.2 Å². The van der Waals surface area contributed by atoms with Gasteiger partial charge in [-0.1, -0.05) is 17.7 Å². The molecule has 7 heteroatoms. The van der Waals surface area contributed by atoms with Crippen molar-refractivity contribution in [3.05, 3.63) is 29.3 Å². The van der Waals surface area contributed by atoms with Gasteiger partial charge in [0.05, 0.1) is 11.5 Å². The highest BCUT2D eigenvalue weighted by molar-refractivity contribution is 7.91. The van der Waals surface area contributed by atoms with Crippen LogP contribution in [0, 0.1) is 0 Å². The predicted molar refractivity (Wildman–Crippen MR) is 79.8 cm³/mol. The molecule has 20 heavy (non-hydrogen) atoms. The molecule has 1 aliphatic rings. The van der Waals surface area contributed by atoms with Crippen molar-refractivity contribution in [1.82, 2.24) is 5.32 Å². The van der Waals surface area contributed by atoms with Gasteiger partial charge in [-0.2, -0.15) is 0 Å². The molecular formula is C13H17ClN2O3S. The summed E-state index contributed by atoms with van der Waals surface area (Å²) in [7, 11) is -2.88. The molecule has 1 aromatic carbocycles. The van der Waals surface area contributed by atoms with Crippen LogP contribution in [0.5, 0.6) is 0 Å². The van der Waals surface area contributed by atoms with E-state index in [4.69, 9.17) is 11.6 Å². The van der Waals surface area contributed by atoms with Gasteiger partial charge in [-0.25, -0.2) is 8.42 Å². The quantitative estimate of drug-likeness (QED) is 0.862. The number of sulfone groups is 1. The summed E-state index contributed by atoms with van der Waals surface area (Å²) < 4.78 is 22.6. The summed E-state index contributed by atoms with van der Waals surface area (Å²) in [6.45, 7) is 0.465. The third kappa shape index (κ3) is 4.77. The second-order valence-corrected chi connectivity index (χ2v) is 7.53. The van der Waals surface area contributed by atoms with E-state index >= 15 is 0 Å². The van der Waals surface area contributed by atoms with Gasteiger partial charge in [-0.15, -0.1) is 0 Å². The van der Waals surface area contributed by atoms with Crippen molar-refractivity contribution in [3.63, 3.8) is 0 Å². The maximum absolute atomic E-state index is 11.7. The molecule has 1 amide bonds. The molecule has 1 fully saturated rings. The standard InChI is InChI=1S/C13H17ClN2O3S/c14-10-2-1-3-11(8-10)16-13(17)4-6-15-12-5-7-20(18,19)9-12/h1-3,8,12,15H,4-7,9H2,(H,16,17). The van der Waals surface area contributed by atoms with Crippen LogP contribution in [-0.2, 0) is 14.6 Å². The van der Waals surface area contributed by atoms with E-state index in [-0.39, 0.29) is 23.5 Å². The molecule has 1 aromatic rings. The lowest BCUT2D eigenvalue weighted by Gasteiger charge is -2.10. The lowest BCUT2D eigenvalue weighted by molar-refractivity contribution is -0.116. The molecule has 2 N–H and O–H groups in total. The van der Waals surface area contributed by atoms with Crippen molar-refractivity contribution in [3.8, 4) is 0 Å². The Kier molecular flexibility index (Phi) is 5.01. The average Bonchev–Trinajstić information content (AvgIpc) is 2.69. The van der Waals surface area contributed by atoms with Crippen molar-refractivity contribution in [2.24, 2.45) is 0 Å². The number of benzene rings is 1. The molecular weight excluding hydrogens is 300 g/mol. The number of carbonyl (C=O) groups is 1. The molecule has 1 heterocycles. The lowest BCUT2D eigenvalue weighted by atomic mass is 10.2. The van der Waals surface area contributed by atoms with Crippen LogP contribution < -0.4 is 10.6 Å². The second kappa shape index (κ2) is 6.56. The maximum atomic E-state index is 11.7. The summed E-state index contributed by atoms with van der Waals surface area (Å²) in [6.07, 6.45) is 0.918. The van der Waals surface area contributed by atoms with Crippen LogP contribution in [0.3, 0.4) is 0 Å². The zero-order valence-electron chi connectivity index (χ0n) is 10.9. The first kappa shape index (κ1) is 15.3. The summed E-state index contributed by atoms with van der Waals surface area (Å²) in [5.74, 6) is 0.281. The van der Waals surface area contributed by atoms with Gasteiger partial charge in [0.25, 0.3) is 0 Å². The molecule has 0 saturated carbocycles. The first-order valence-corrected chi connectivity index (χ1v) is 8.64. The molecule has 110 valence electrons. The lowest BCUT2D eigenvalue weighted by Crippen LogP contribution is -2.32. The van der Waals surface area contributed by atoms with Crippen LogP contribution in [0.25, 0.3) is 0 Å². The van der Waals surface area contributed by atoms with E-state index in [0.29, 0.717) is 30.1 Å². The number of halogens is 1. The normalized spacial score (nSPS) is 20.8. The summed E-state index contributed by atoms with van der Waals surface area (Å²) in [4.78, 5) is 11.7. The van der Waals surface area contributed by atoms with Gasteiger partial charge in [-0.3, -0.25) is 4.79 Å². The predicted octanol–water partition coefficient (Wildman–Crippen LogP) is 1.45. The van der Waals surface area contributed by atoms with Crippen molar-refractivity contribution in [1.29, 1.82) is 0 Å².